The molecule has 7 heteroatoms. The zero-order valence-corrected chi connectivity index (χ0v) is 11.4. The van der Waals surface area contributed by atoms with Crippen LogP contribution in [-0.4, -0.2) is 21.2 Å². The molecule has 1 heterocycles. The van der Waals surface area contributed by atoms with Crippen molar-refractivity contribution in [1.29, 1.82) is 0 Å². The first-order chi connectivity index (χ1) is 10.7. The summed E-state index contributed by atoms with van der Waals surface area (Å²) in [5.74, 6) is 0.247. The average Bonchev–Trinajstić information content (AvgIpc) is 2.96. The number of nitrogens with zero attached hydrogens (tertiary/aromatic N) is 2. The highest BCUT2D eigenvalue weighted by Gasteiger charge is 2.09. The molecule has 0 spiro atoms. The summed E-state index contributed by atoms with van der Waals surface area (Å²) in [7, 11) is 0. The zero-order valence-electron chi connectivity index (χ0n) is 11.4. The first-order valence-electron chi connectivity index (χ1n) is 6.52. The van der Waals surface area contributed by atoms with E-state index in [0.717, 1.165) is 5.56 Å². The Morgan fingerprint density at radius 3 is 2.64 bits per heavy atom. The van der Waals surface area contributed by atoms with Gasteiger partial charge < -0.3 is 5.32 Å². The summed E-state index contributed by atoms with van der Waals surface area (Å²) in [5, 5.41) is 11.6. The van der Waals surface area contributed by atoms with Crippen LogP contribution in [0.2, 0.25) is 0 Å². The van der Waals surface area contributed by atoms with Crippen molar-refractivity contribution in [2.45, 2.75) is 0 Å². The summed E-state index contributed by atoms with van der Waals surface area (Å²) in [6.07, 6.45) is 0. The third-order valence-electron chi connectivity index (χ3n) is 2.84. The van der Waals surface area contributed by atoms with E-state index in [0.29, 0.717) is 11.5 Å². The Balaban J connectivity index is 1.66. The Kier molecular flexibility index (Phi) is 3.78. The number of hydrogen-bond donors (Lipinski definition) is 3. The normalized spacial score (nSPS) is 10.2. The van der Waals surface area contributed by atoms with E-state index in [2.05, 4.69) is 25.8 Å². The lowest BCUT2D eigenvalue weighted by atomic mass is 10.2. The van der Waals surface area contributed by atoms with Gasteiger partial charge in [0.25, 0.3) is 5.95 Å². The van der Waals surface area contributed by atoms with E-state index >= 15 is 0 Å². The van der Waals surface area contributed by atoms with E-state index < -0.39 is 11.8 Å². The lowest BCUT2D eigenvalue weighted by Gasteiger charge is -2.04. The zero-order chi connectivity index (χ0) is 15.4. The van der Waals surface area contributed by atoms with Gasteiger partial charge in [0.05, 0.1) is 0 Å². The van der Waals surface area contributed by atoms with Gasteiger partial charge in [-0.15, -0.1) is 5.10 Å². The van der Waals surface area contributed by atoms with Gasteiger partial charge in [0, 0.05) is 11.3 Å². The fourth-order valence-corrected chi connectivity index (χ4v) is 1.87. The van der Waals surface area contributed by atoms with Crippen LogP contribution in [0, 0.1) is 5.82 Å². The highest BCUT2D eigenvalue weighted by molar-refractivity contribution is 5.98. The predicted molar refractivity (Wildman–Crippen MR) is 80.9 cm³/mol. The van der Waals surface area contributed by atoms with E-state index in [9.17, 15) is 9.18 Å². The van der Waals surface area contributed by atoms with E-state index in [-0.39, 0.29) is 5.95 Å². The molecular weight excluding hydrogens is 285 g/mol. The van der Waals surface area contributed by atoms with Crippen LogP contribution in [0.1, 0.15) is 0 Å². The first-order valence-corrected chi connectivity index (χ1v) is 6.52. The van der Waals surface area contributed by atoms with Crippen molar-refractivity contribution in [3.8, 4) is 11.4 Å². The molecule has 0 saturated heterocycles. The van der Waals surface area contributed by atoms with Gasteiger partial charge in [-0.05, 0) is 18.2 Å². The van der Waals surface area contributed by atoms with E-state index in [1.807, 2.05) is 30.3 Å². The highest BCUT2D eigenvalue weighted by atomic mass is 19.1. The lowest BCUT2D eigenvalue weighted by molar-refractivity contribution is 0.262. The predicted octanol–water partition coefficient (Wildman–Crippen LogP) is 3.25. The molecule has 0 atom stereocenters. The second-order valence-electron chi connectivity index (χ2n) is 4.46. The molecule has 0 aliphatic heterocycles. The molecule has 2 amide bonds. The fraction of sp³-hybridized carbons (Fsp3) is 0. The van der Waals surface area contributed by atoms with Crippen LogP contribution in [0.3, 0.4) is 0 Å². The SMILES string of the molecule is O=C(Nc1cccc(F)c1)Nc1n[nH]c(-c2ccccc2)n1. The van der Waals surface area contributed by atoms with Crippen molar-refractivity contribution in [3.05, 3.63) is 60.4 Å². The van der Waals surface area contributed by atoms with Crippen molar-refractivity contribution in [2.75, 3.05) is 10.6 Å². The fourth-order valence-electron chi connectivity index (χ4n) is 1.87. The highest BCUT2D eigenvalue weighted by Crippen LogP contribution is 2.15. The topological polar surface area (TPSA) is 82.7 Å². The number of aromatic nitrogens is 3. The van der Waals surface area contributed by atoms with Crippen molar-refractivity contribution >= 4 is 17.7 Å². The van der Waals surface area contributed by atoms with Crippen LogP contribution < -0.4 is 10.6 Å². The largest absolute Gasteiger partial charge is 0.326 e. The number of H-pyrrole nitrogens is 1. The molecular formula is C15H12FN5O. The second-order valence-corrected chi connectivity index (χ2v) is 4.46. The minimum Gasteiger partial charge on any atom is -0.308 e. The van der Waals surface area contributed by atoms with Gasteiger partial charge in [-0.3, -0.25) is 10.4 Å². The number of hydrogen-bond acceptors (Lipinski definition) is 3. The third kappa shape index (κ3) is 3.26. The van der Waals surface area contributed by atoms with Gasteiger partial charge in [-0.25, -0.2) is 9.18 Å². The molecule has 6 nitrogen and oxygen atoms in total. The Labute approximate surface area is 125 Å². The first kappa shape index (κ1) is 13.7. The van der Waals surface area contributed by atoms with Crippen molar-refractivity contribution in [1.82, 2.24) is 15.2 Å². The number of urea groups is 1. The van der Waals surface area contributed by atoms with E-state index in [1.165, 1.54) is 18.2 Å². The van der Waals surface area contributed by atoms with Gasteiger partial charge in [0.15, 0.2) is 5.82 Å². The number of anilines is 2. The molecule has 22 heavy (non-hydrogen) atoms. The van der Waals surface area contributed by atoms with Crippen LogP contribution in [0.25, 0.3) is 11.4 Å². The lowest BCUT2D eigenvalue weighted by Crippen LogP contribution is -2.20. The summed E-state index contributed by atoms with van der Waals surface area (Å²) < 4.78 is 13.0. The monoisotopic (exact) mass is 297 g/mol. The molecule has 0 aliphatic carbocycles. The van der Waals surface area contributed by atoms with Crippen LogP contribution in [0.15, 0.2) is 54.6 Å². The Hall–Kier alpha value is -3.22. The number of amides is 2. The number of aromatic amines is 1. The Morgan fingerprint density at radius 1 is 1.05 bits per heavy atom. The van der Waals surface area contributed by atoms with Crippen molar-refractivity contribution in [2.24, 2.45) is 0 Å². The minimum absolute atomic E-state index is 0.132. The molecule has 0 saturated carbocycles. The summed E-state index contributed by atoms with van der Waals surface area (Å²) in [4.78, 5) is 16.0. The third-order valence-corrected chi connectivity index (χ3v) is 2.84. The van der Waals surface area contributed by atoms with Gasteiger partial charge in [-0.1, -0.05) is 36.4 Å². The maximum Gasteiger partial charge on any atom is 0.326 e. The van der Waals surface area contributed by atoms with Crippen LogP contribution in [-0.2, 0) is 0 Å². The molecule has 0 bridgehead atoms. The Morgan fingerprint density at radius 2 is 1.86 bits per heavy atom. The van der Waals surface area contributed by atoms with Gasteiger partial charge in [0.1, 0.15) is 5.82 Å². The summed E-state index contributed by atoms with van der Waals surface area (Å²) >= 11 is 0. The van der Waals surface area contributed by atoms with Crippen molar-refractivity contribution in [3.63, 3.8) is 0 Å². The molecule has 2 aromatic carbocycles. The van der Waals surface area contributed by atoms with Crippen LogP contribution in [0.4, 0.5) is 20.8 Å². The number of rotatable bonds is 3. The molecule has 3 N–H and O–H groups in total. The van der Waals surface area contributed by atoms with E-state index in [4.69, 9.17) is 0 Å². The Bertz CT molecular complexity index is 787. The molecule has 3 aromatic rings. The minimum atomic E-state index is -0.552. The molecule has 1 aromatic heterocycles. The molecule has 0 unspecified atom stereocenters. The van der Waals surface area contributed by atoms with Gasteiger partial charge in [0.2, 0.25) is 0 Å². The molecule has 0 radical (unpaired) electrons. The molecule has 0 aliphatic rings. The maximum absolute atomic E-state index is 13.0. The van der Waals surface area contributed by atoms with Crippen molar-refractivity contribution < 1.29 is 9.18 Å². The smallest absolute Gasteiger partial charge is 0.308 e. The number of halogens is 1. The van der Waals surface area contributed by atoms with Crippen LogP contribution in [0.5, 0.6) is 0 Å². The van der Waals surface area contributed by atoms with Gasteiger partial charge >= 0.3 is 6.03 Å². The summed E-state index contributed by atoms with van der Waals surface area (Å²) in [5.41, 5.74) is 1.20. The standard InChI is InChI=1S/C15H12FN5O/c16-11-7-4-8-12(9-11)17-15(22)19-14-18-13(20-21-14)10-5-2-1-3-6-10/h1-9H,(H3,17,18,19,20,21,22). The quantitative estimate of drug-likeness (QED) is 0.694. The van der Waals surface area contributed by atoms with Gasteiger partial charge in [-0.2, -0.15) is 4.98 Å². The summed E-state index contributed by atoms with van der Waals surface area (Å²) in [6, 6.07) is 14.4. The number of carbonyl (C=O) groups excluding carboxylic acids is 1. The van der Waals surface area contributed by atoms with E-state index in [1.54, 1.807) is 6.07 Å². The number of benzene rings is 2. The molecule has 0 fully saturated rings. The molecule has 110 valence electrons. The number of nitrogens with one attached hydrogen (secondary N) is 3. The van der Waals surface area contributed by atoms with Crippen LogP contribution >= 0.6 is 0 Å². The molecule has 3 rings (SSSR count). The average molecular weight is 297 g/mol. The maximum atomic E-state index is 13.0. The summed E-state index contributed by atoms with van der Waals surface area (Å²) in [6.45, 7) is 0. The second kappa shape index (κ2) is 6.04. The number of carbonyl (C=O) groups is 1.